The maximum absolute atomic E-state index is 9.01. The van der Waals surface area contributed by atoms with E-state index in [9.17, 15) is 0 Å². The van der Waals surface area contributed by atoms with Gasteiger partial charge in [0.2, 0.25) is 0 Å². The molecule has 0 fully saturated rings. The van der Waals surface area contributed by atoms with Crippen molar-refractivity contribution in [3.8, 4) is 0 Å². The molecule has 1 aliphatic rings. The molecule has 1 aliphatic heterocycles. The lowest BCUT2D eigenvalue weighted by Gasteiger charge is -2.19. The topological polar surface area (TPSA) is 150 Å². The fraction of sp³-hybridized carbons (Fsp3) is 0.250. The lowest BCUT2D eigenvalue weighted by molar-refractivity contribution is 0.269. The summed E-state index contributed by atoms with van der Waals surface area (Å²) in [5.74, 6) is 1.49. The molecule has 1 unspecified atom stereocenters. The lowest BCUT2D eigenvalue weighted by atomic mass is 10.2. The number of hydrogen-bond acceptors (Lipinski definition) is 10. The van der Waals surface area contributed by atoms with Gasteiger partial charge in [0, 0.05) is 17.6 Å². The average Bonchev–Trinajstić information content (AvgIpc) is 3.57. The van der Waals surface area contributed by atoms with Crippen LogP contribution in [-0.2, 0) is 13.1 Å². The van der Waals surface area contributed by atoms with Crippen LogP contribution in [0.4, 0.5) is 23.0 Å². The molecule has 0 radical (unpaired) electrons. The normalized spacial score (nSPS) is 13.8. The smallest absolute Gasteiger partial charge is 0.163 e. The molecule has 0 amide bonds. The van der Waals surface area contributed by atoms with Gasteiger partial charge < -0.3 is 26.2 Å². The number of fused-ring (bicyclic) bond motifs is 2. The summed E-state index contributed by atoms with van der Waals surface area (Å²) in [6.07, 6.45) is 6.59. The van der Waals surface area contributed by atoms with Crippen molar-refractivity contribution in [3.05, 3.63) is 83.9 Å². The van der Waals surface area contributed by atoms with E-state index < -0.39 is 0 Å². The molecular formula is C28H32N10O2. The van der Waals surface area contributed by atoms with E-state index in [1.54, 1.807) is 21.9 Å². The van der Waals surface area contributed by atoms with Gasteiger partial charge >= 0.3 is 0 Å². The van der Waals surface area contributed by atoms with E-state index in [2.05, 4.69) is 60.2 Å². The number of benzene rings is 2. The van der Waals surface area contributed by atoms with Crippen molar-refractivity contribution in [2.75, 3.05) is 29.2 Å². The Morgan fingerprint density at radius 3 is 2.30 bits per heavy atom. The van der Waals surface area contributed by atoms with Gasteiger partial charge in [0.05, 0.1) is 49.8 Å². The zero-order valence-corrected chi connectivity index (χ0v) is 22.4. The van der Waals surface area contributed by atoms with E-state index in [1.807, 2.05) is 49.5 Å². The minimum absolute atomic E-state index is 0.0293. The molecule has 12 heteroatoms. The molecule has 5 N–H and O–H groups in total. The maximum atomic E-state index is 9.01. The standard InChI is InChI=1S/C14H17N5O.C14H15N5O/c1-10-2-4-11(5-3-10)17-13-12-8-19(6-7-20)18-14(12)16-9-15-13;1-10-2-4-11(5-3-10)18-13-12-8-17-19(6-7-20)14(12)16-9-15-13/h2-5,8-9,13,17,20H,6-7H2,1H3,(H,15,16,18);2-5,8-9,20H,6-7H2,1H3,(H,15,16,18). The molecule has 206 valence electrons. The number of aliphatic hydroxyl groups is 2. The van der Waals surface area contributed by atoms with Crippen LogP contribution in [0.5, 0.6) is 0 Å². The quantitative estimate of drug-likeness (QED) is 0.199. The zero-order chi connectivity index (χ0) is 27.9. The van der Waals surface area contributed by atoms with Crippen LogP contribution in [0.3, 0.4) is 0 Å². The second kappa shape index (κ2) is 12.4. The van der Waals surface area contributed by atoms with Crippen LogP contribution in [0, 0.1) is 13.8 Å². The molecule has 0 spiro atoms. The summed E-state index contributed by atoms with van der Waals surface area (Å²) in [4.78, 5) is 12.9. The second-order valence-electron chi connectivity index (χ2n) is 9.30. The predicted octanol–water partition coefficient (Wildman–Crippen LogP) is 3.62. The van der Waals surface area contributed by atoms with Gasteiger partial charge in [0.1, 0.15) is 12.1 Å². The number of aryl methyl sites for hydroxylation is 2. The lowest BCUT2D eigenvalue weighted by Crippen LogP contribution is -2.15. The Balaban J connectivity index is 0.000000161. The summed E-state index contributed by atoms with van der Waals surface area (Å²) in [6.45, 7) is 5.10. The Morgan fingerprint density at radius 2 is 1.60 bits per heavy atom. The highest BCUT2D eigenvalue weighted by atomic mass is 16.3. The molecule has 6 rings (SSSR count). The third-order valence-corrected chi connectivity index (χ3v) is 6.25. The van der Waals surface area contributed by atoms with Crippen LogP contribution in [0.25, 0.3) is 11.0 Å². The van der Waals surface area contributed by atoms with E-state index in [0.29, 0.717) is 24.6 Å². The third kappa shape index (κ3) is 6.25. The highest BCUT2D eigenvalue weighted by Crippen LogP contribution is 2.29. The van der Waals surface area contributed by atoms with Crippen molar-refractivity contribution in [1.29, 1.82) is 0 Å². The highest BCUT2D eigenvalue weighted by molar-refractivity contribution is 5.88. The van der Waals surface area contributed by atoms with Crippen LogP contribution < -0.4 is 16.0 Å². The molecule has 12 nitrogen and oxygen atoms in total. The fourth-order valence-corrected chi connectivity index (χ4v) is 4.17. The first-order valence-corrected chi connectivity index (χ1v) is 12.9. The first-order valence-electron chi connectivity index (χ1n) is 12.9. The van der Waals surface area contributed by atoms with Gasteiger partial charge in [-0.1, -0.05) is 35.4 Å². The first-order chi connectivity index (χ1) is 19.5. The van der Waals surface area contributed by atoms with E-state index >= 15 is 0 Å². The number of aliphatic hydroxyl groups excluding tert-OH is 2. The van der Waals surface area contributed by atoms with Gasteiger partial charge in [0.15, 0.2) is 17.6 Å². The van der Waals surface area contributed by atoms with Crippen molar-refractivity contribution >= 4 is 40.4 Å². The molecule has 40 heavy (non-hydrogen) atoms. The SMILES string of the molecule is Cc1ccc(NC2N=CNc3nn(CCO)cc32)cc1.Cc1ccc(Nc2ncnc3c2cnn3CCO)cc1. The van der Waals surface area contributed by atoms with Crippen LogP contribution in [0.15, 0.2) is 72.2 Å². The maximum Gasteiger partial charge on any atom is 0.163 e. The summed E-state index contributed by atoms with van der Waals surface area (Å²) in [7, 11) is 0. The van der Waals surface area contributed by atoms with Gasteiger partial charge in [-0.2, -0.15) is 10.2 Å². The zero-order valence-electron chi connectivity index (χ0n) is 22.4. The first kappa shape index (κ1) is 26.8. The van der Waals surface area contributed by atoms with Crippen molar-refractivity contribution < 1.29 is 10.2 Å². The number of nitrogens with one attached hydrogen (secondary N) is 3. The van der Waals surface area contributed by atoms with Crippen molar-refractivity contribution in [2.24, 2.45) is 4.99 Å². The third-order valence-electron chi connectivity index (χ3n) is 6.25. The summed E-state index contributed by atoms with van der Waals surface area (Å²) < 4.78 is 3.38. The van der Waals surface area contributed by atoms with Crippen molar-refractivity contribution in [1.82, 2.24) is 29.5 Å². The highest BCUT2D eigenvalue weighted by Gasteiger charge is 2.21. The van der Waals surface area contributed by atoms with E-state index in [0.717, 1.165) is 28.1 Å². The monoisotopic (exact) mass is 540 g/mol. The Morgan fingerprint density at radius 1 is 0.900 bits per heavy atom. The molecule has 1 atom stereocenters. The molecule has 0 saturated heterocycles. The number of hydrogen-bond donors (Lipinski definition) is 5. The summed E-state index contributed by atoms with van der Waals surface area (Å²) in [5, 5.41) is 37.0. The Kier molecular flexibility index (Phi) is 8.28. The molecular weight excluding hydrogens is 508 g/mol. The van der Waals surface area contributed by atoms with Gasteiger partial charge in [0.25, 0.3) is 0 Å². The summed E-state index contributed by atoms with van der Waals surface area (Å²) in [5.41, 5.74) is 6.09. The molecule has 5 aromatic rings. The summed E-state index contributed by atoms with van der Waals surface area (Å²) >= 11 is 0. The minimum Gasteiger partial charge on any atom is -0.394 e. The largest absolute Gasteiger partial charge is 0.394 e. The molecule has 0 aliphatic carbocycles. The molecule has 4 heterocycles. The van der Waals surface area contributed by atoms with E-state index in [1.165, 1.54) is 17.5 Å². The van der Waals surface area contributed by atoms with Gasteiger partial charge in [-0.15, -0.1) is 0 Å². The molecule has 3 aromatic heterocycles. The van der Waals surface area contributed by atoms with E-state index in [4.69, 9.17) is 10.2 Å². The van der Waals surface area contributed by atoms with Crippen molar-refractivity contribution in [2.45, 2.75) is 33.1 Å². The van der Waals surface area contributed by atoms with E-state index in [-0.39, 0.29) is 19.4 Å². The number of aliphatic imine (C=N–C) groups is 1. The minimum atomic E-state index is -0.165. The van der Waals surface area contributed by atoms with Crippen LogP contribution >= 0.6 is 0 Å². The Labute approximate surface area is 231 Å². The van der Waals surface area contributed by atoms with Gasteiger partial charge in [-0.3, -0.25) is 4.68 Å². The average molecular weight is 541 g/mol. The van der Waals surface area contributed by atoms with Gasteiger partial charge in [-0.05, 0) is 38.1 Å². The second-order valence-corrected chi connectivity index (χ2v) is 9.30. The number of aromatic nitrogens is 6. The van der Waals surface area contributed by atoms with Crippen molar-refractivity contribution in [3.63, 3.8) is 0 Å². The van der Waals surface area contributed by atoms with Gasteiger partial charge in [-0.25, -0.2) is 19.6 Å². The Hall–Kier alpha value is -4.81. The molecule has 0 saturated carbocycles. The summed E-state index contributed by atoms with van der Waals surface area (Å²) in [6, 6.07) is 16.3. The number of anilines is 4. The number of rotatable bonds is 8. The van der Waals surface area contributed by atoms with Crippen LogP contribution in [0.2, 0.25) is 0 Å². The Bertz CT molecular complexity index is 1580. The van der Waals surface area contributed by atoms with Crippen LogP contribution in [0.1, 0.15) is 22.9 Å². The fourth-order valence-electron chi connectivity index (χ4n) is 4.17. The molecule has 2 aromatic carbocycles. The molecule has 0 bridgehead atoms. The number of nitrogens with zero attached hydrogens (tertiary/aromatic N) is 7. The predicted molar refractivity (Wildman–Crippen MR) is 156 cm³/mol. The van der Waals surface area contributed by atoms with Crippen LogP contribution in [-0.4, -0.2) is 59.3 Å².